The predicted octanol–water partition coefficient (Wildman–Crippen LogP) is 5.15. The highest BCUT2D eigenvalue weighted by Crippen LogP contribution is 2.31. The molecule has 6 aromatic rings. The number of pyridine rings is 1. The van der Waals surface area contributed by atoms with Gasteiger partial charge in [0.05, 0.1) is 25.2 Å². The second-order valence-electron chi connectivity index (χ2n) is 10.0. The van der Waals surface area contributed by atoms with Gasteiger partial charge in [-0.2, -0.15) is 4.52 Å². The molecule has 204 valence electrons. The van der Waals surface area contributed by atoms with Crippen molar-refractivity contribution in [2.45, 2.75) is 52.9 Å². The molecule has 0 saturated heterocycles. The van der Waals surface area contributed by atoms with Crippen LogP contribution in [-0.2, 0) is 19.6 Å². The standard InChI is InChI=1S/C29H31N9OS/c1-5-26(29-31-32-34-37(29)16-21-8-10-23(39-4)11-9-21)36(18-24-7-6-12-40-24)17-22-15-25-20(3)13-19(2)14-27(25)38-28(22)30-33-35-38/h6-15,26H,5,16-18H2,1-4H3/t26-/m1/s1. The van der Waals surface area contributed by atoms with Crippen molar-refractivity contribution in [3.8, 4) is 5.75 Å². The molecule has 6 rings (SSSR count). The molecule has 10 nitrogen and oxygen atoms in total. The van der Waals surface area contributed by atoms with E-state index in [0.717, 1.165) is 52.2 Å². The molecule has 4 aromatic heterocycles. The maximum absolute atomic E-state index is 5.32. The minimum absolute atomic E-state index is 0.0268. The zero-order valence-corrected chi connectivity index (χ0v) is 23.8. The molecule has 0 amide bonds. The third-order valence-electron chi connectivity index (χ3n) is 7.30. The molecule has 40 heavy (non-hydrogen) atoms. The van der Waals surface area contributed by atoms with Gasteiger partial charge in [-0.1, -0.05) is 31.2 Å². The van der Waals surface area contributed by atoms with E-state index in [0.29, 0.717) is 13.1 Å². The third kappa shape index (κ3) is 5.05. The molecule has 0 unspecified atom stereocenters. The van der Waals surface area contributed by atoms with E-state index in [4.69, 9.17) is 4.74 Å². The number of ether oxygens (including phenoxy) is 1. The molecule has 4 heterocycles. The summed E-state index contributed by atoms with van der Waals surface area (Å²) in [7, 11) is 1.67. The monoisotopic (exact) mass is 553 g/mol. The van der Waals surface area contributed by atoms with Gasteiger partial charge < -0.3 is 4.74 Å². The maximum atomic E-state index is 5.32. The fourth-order valence-corrected chi connectivity index (χ4v) is 6.12. The van der Waals surface area contributed by atoms with E-state index >= 15 is 0 Å². The summed E-state index contributed by atoms with van der Waals surface area (Å²) in [5, 5.41) is 29.1. The molecule has 2 aromatic carbocycles. The SMILES string of the molecule is CC[C@H](c1nnnn1Cc1ccc(OC)cc1)N(Cc1cccs1)Cc1cc2c(C)cc(C)cc2n2nnnc12. The second-order valence-corrected chi connectivity index (χ2v) is 11.1. The number of aryl methyl sites for hydroxylation is 2. The van der Waals surface area contributed by atoms with Crippen LogP contribution in [0.15, 0.2) is 60.0 Å². The molecule has 0 radical (unpaired) electrons. The van der Waals surface area contributed by atoms with Crippen molar-refractivity contribution in [2.75, 3.05) is 7.11 Å². The van der Waals surface area contributed by atoms with Crippen molar-refractivity contribution in [1.29, 1.82) is 0 Å². The van der Waals surface area contributed by atoms with Gasteiger partial charge in [-0.15, -0.1) is 21.5 Å². The van der Waals surface area contributed by atoms with Gasteiger partial charge in [0.1, 0.15) is 5.75 Å². The van der Waals surface area contributed by atoms with Crippen molar-refractivity contribution in [3.05, 3.63) is 92.9 Å². The molecule has 0 aliphatic carbocycles. The average Bonchev–Trinajstić information content (AvgIpc) is 3.73. The number of benzene rings is 2. The van der Waals surface area contributed by atoms with Crippen molar-refractivity contribution < 1.29 is 4.74 Å². The number of tetrazole rings is 2. The van der Waals surface area contributed by atoms with Crippen molar-refractivity contribution >= 4 is 27.9 Å². The first kappa shape index (κ1) is 26.0. The molecular formula is C29H31N9OS. The summed E-state index contributed by atoms with van der Waals surface area (Å²) in [5.74, 6) is 1.65. The minimum atomic E-state index is -0.0268. The van der Waals surface area contributed by atoms with E-state index in [-0.39, 0.29) is 6.04 Å². The lowest BCUT2D eigenvalue weighted by Gasteiger charge is -2.30. The first-order valence-corrected chi connectivity index (χ1v) is 14.2. The fraction of sp³-hybridized carbons (Fsp3) is 0.310. The van der Waals surface area contributed by atoms with Crippen LogP contribution in [0.5, 0.6) is 5.75 Å². The lowest BCUT2D eigenvalue weighted by Crippen LogP contribution is -2.30. The number of fused-ring (bicyclic) bond motifs is 3. The van der Waals surface area contributed by atoms with E-state index in [1.807, 2.05) is 33.5 Å². The van der Waals surface area contributed by atoms with Crippen LogP contribution in [0.25, 0.3) is 16.6 Å². The van der Waals surface area contributed by atoms with Gasteiger partial charge in [0, 0.05) is 28.9 Å². The summed E-state index contributed by atoms with van der Waals surface area (Å²) in [6.45, 7) is 8.38. The summed E-state index contributed by atoms with van der Waals surface area (Å²) in [6, 6.07) is 18.8. The van der Waals surface area contributed by atoms with E-state index in [2.05, 4.69) is 92.4 Å². The number of aromatic nitrogens is 8. The largest absolute Gasteiger partial charge is 0.497 e. The highest BCUT2D eigenvalue weighted by molar-refractivity contribution is 7.09. The van der Waals surface area contributed by atoms with Gasteiger partial charge in [0.15, 0.2) is 11.5 Å². The highest BCUT2D eigenvalue weighted by Gasteiger charge is 2.27. The van der Waals surface area contributed by atoms with Crippen molar-refractivity contribution in [2.24, 2.45) is 0 Å². The Morgan fingerprint density at radius 2 is 1.80 bits per heavy atom. The molecule has 1 atom stereocenters. The van der Waals surface area contributed by atoms with Gasteiger partial charge in [0.25, 0.3) is 0 Å². The van der Waals surface area contributed by atoms with Gasteiger partial charge in [-0.25, -0.2) is 4.68 Å². The Morgan fingerprint density at radius 3 is 2.55 bits per heavy atom. The summed E-state index contributed by atoms with van der Waals surface area (Å²) < 4.78 is 9.08. The Balaban J connectivity index is 1.39. The normalized spacial score (nSPS) is 12.5. The Labute approximate surface area is 236 Å². The number of hydrogen-bond acceptors (Lipinski definition) is 9. The fourth-order valence-electron chi connectivity index (χ4n) is 5.39. The average molecular weight is 554 g/mol. The lowest BCUT2D eigenvalue weighted by atomic mass is 10.0. The van der Waals surface area contributed by atoms with Crippen molar-refractivity contribution in [1.82, 2.24) is 45.1 Å². The topological polar surface area (TPSA) is 99.2 Å². The van der Waals surface area contributed by atoms with Gasteiger partial charge in [-0.05, 0) is 93.5 Å². The molecule has 0 spiro atoms. The van der Waals surface area contributed by atoms with E-state index in [1.165, 1.54) is 16.0 Å². The van der Waals surface area contributed by atoms with E-state index in [9.17, 15) is 0 Å². The molecule has 0 bridgehead atoms. The number of hydrogen-bond donors (Lipinski definition) is 0. The first-order chi connectivity index (χ1) is 19.5. The van der Waals surface area contributed by atoms with Crippen LogP contribution in [0.4, 0.5) is 0 Å². The molecule has 0 aliphatic heterocycles. The summed E-state index contributed by atoms with van der Waals surface area (Å²) >= 11 is 1.75. The molecular weight excluding hydrogens is 522 g/mol. The van der Waals surface area contributed by atoms with Crippen LogP contribution < -0.4 is 4.74 Å². The summed E-state index contributed by atoms with van der Waals surface area (Å²) in [5.41, 5.74) is 6.33. The van der Waals surface area contributed by atoms with Gasteiger partial charge in [0.2, 0.25) is 0 Å². The maximum Gasteiger partial charge on any atom is 0.184 e. The summed E-state index contributed by atoms with van der Waals surface area (Å²) in [4.78, 5) is 3.71. The predicted molar refractivity (Wildman–Crippen MR) is 154 cm³/mol. The smallest absolute Gasteiger partial charge is 0.184 e. The van der Waals surface area contributed by atoms with Crippen LogP contribution in [0.1, 0.15) is 52.3 Å². The number of methoxy groups -OCH3 is 1. The quantitative estimate of drug-likeness (QED) is 0.230. The molecule has 11 heteroatoms. The van der Waals surface area contributed by atoms with E-state index < -0.39 is 0 Å². The summed E-state index contributed by atoms with van der Waals surface area (Å²) in [6.07, 6.45) is 0.835. The van der Waals surface area contributed by atoms with Crippen LogP contribution in [0.2, 0.25) is 0 Å². The van der Waals surface area contributed by atoms with Crippen LogP contribution in [0.3, 0.4) is 0 Å². The van der Waals surface area contributed by atoms with Gasteiger partial charge in [-0.3, -0.25) is 4.90 Å². The Morgan fingerprint density at radius 1 is 0.975 bits per heavy atom. The van der Waals surface area contributed by atoms with Crippen LogP contribution in [0, 0.1) is 13.8 Å². The van der Waals surface area contributed by atoms with Crippen molar-refractivity contribution in [3.63, 3.8) is 0 Å². The molecule has 0 saturated carbocycles. The zero-order chi connectivity index (χ0) is 27.6. The highest BCUT2D eigenvalue weighted by atomic mass is 32.1. The Hall–Kier alpha value is -4.22. The molecule has 0 aliphatic rings. The van der Waals surface area contributed by atoms with E-state index in [1.54, 1.807) is 18.4 Å². The van der Waals surface area contributed by atoms with Crippen LogP contribution >= 0.6 is 11.3 Å². The number of rotatable bonds is 10. The number of thiophene rings is 1. The minimum Gasteiger partial charge on any atom is -0.497 e. The first-order valence-electron chi connectivity index (χ1n) is 13.3. The Kier molecular flexibility index (Phi) is 7.23. The molecule has 0 fully saturated rings. The molecule has 0 N–H and O–H groups in total. The number of nitrogens with zero attached hydrogens (tertiary/aromatic N) is 9. The zero-order valence-electron chi connectivity index (χ0n) is 23.0. The Bertz CT molecular complexity index is 1740. The van der Waals surface area contributed by atoms with Gasteiger partial charge >= 0.3 is 0 Å². The second kappa shape index (κ2) is 11.1. The lowest BCUT2D eigenvalue weighted by molar-refractivity contribution is 0.164. The van der Waals surface area contributed by atoms with Crippen LogP contribution in [-0.4, -0.2) is 52.3 Å². The third-order valence-corrected chi connectivity index (χ3v) is 8.16.